The summed E-state index contributed by atoms with van der Waals surface area (Å²) >= 11 is 0. The molecule has 0 aliphatic carbocycles. The van der Waals surface area contributed by atoms with Crippen LogP contribution in [0.15, 0.2) is 67.3 Å². The maximum absolute atomic E-state index is 13.1. The van der Waals surface area contributed by atoms with Gasteiger partial charge in [-0.1, -0.05) is 24.3 Å². The molecule has 0 spiro atoms. The first-order valence-corrected chi connectivity index (χ1v) is 10.3. The minimum atomic E-state index is -0.164. The molecule has 3 heterocycles. The number of rotatable bonds is 4. The van der Waals surface area contributed by atoms with Gasteiger partial charge >= 0.3 is 0 Å². The molecular formula is C24H25N5O. The standard InChI is InChI=1S/C24H25N5O/c1-24(2)11-17(15-29(24)23(30)18-6-4-3-5-7-18)14-28-16-25-21-10-19(8-9-22(21)28)20-12-26-27-13-20/h3-10,12-13,16-17H,11,14-15H2,1-2H3,(H,26,27). The molecule has 1 unspecified atom stereocenters. The van der Waals surface area contributed by atoms with Crippen LogP contribution in [-0.4, -0.2) is 42.6 Å². The van der Waals surface area contributed by atoms with E-state index in [0.29, 0.717) is 5.92 Å². The van der Waals surface area contributed by atoms with Crippen molar-refractivity contribution in [2.45, 2.75) is 32.4 Å². The predicted molar refractivity (Wildman–Crippen MR) is 117 cm³/mol. The van der Waals surface area contributed by atoms with E-state index in [0.717, 1.165) is 47.2 Å². The van der Waals surface area contributed by atoms with Crippen molar-refractivity contribution >= 4 is 16.9 Å². The summed E-state index contributed by atoms with van der Waals surface area (Å²) in [4.78, 5) is 19.7. The maximum Gasteiger partial charge on any atom is 0.254 e. The Kier molecular flexibility index (Phi) is 4.42. The second-order valence-electron chi connectivity index (χ2n) is 8.75. The van der Waals surface area contributed by atoms with E-state index >= 15 is 0 Å². The van der Waals surface area contributed by atoms with Gasteiger partial charge in [0.15, 0.2) is 0 Å². The fourth-order valence-corrected chi connectivity index (χ4v) is 4.68. The highest BCUT2D eigenvalue weighted by Crippen LogP contribution is 2.35. The van der Waals surface area contributed by atoms with Gasteiger partial charge in [-0.3, -0.25) is 9.89 Å². The van der Waals surface area contributed by atoms with Gasteiger partial charge in [0, 0.05) is 36.0 Å². The summed E-state index contributed by atoms with van der Waals surface area (Å²) in [5.41, 5.74) is 4.84. The fraction of sp³-hybridized carbons (Fsp3) is 0.292. The molecule has 4 aromatic rings. The van der Waals surface area contributed by atoms with Crippen LogP contribution in [-0.2, 0) is 6.54 Å². The van der Waals surface area contributed by atoms with E-state index in [1.807, 2.05) is 54.0 Å². The smallest absolute Gasteiger partial charge is 0.254 e. The SMILES string of the molecule is CC1(C)CC(Cn2cnc3cc(-c4cn[nH]c4)ccc32)CN1C(=O)c1ccccc1. The molecule has 1 N–H and O–H groups in total. The van der Waals surface area contributed by atoms with Crippen molar-refractivity contribution in [3.8, 4) is 11.1 Å². The summed E-state index contributed by atoms with van der Waals surface area (Å²) in [7, 11) is 0. The van der Waals surface area contributed by atoms with Gasteiger partial charge in [-0.25, -0.2) is 4.98 Å². The maximum atomic E-state index is 13.1. The molecule has 2 aromatic carbocycles. The molecule has 0 bridgehead atoms. The third-order valence-corrected chi connectivity index (χ3v) is 6.13. The zero-order valence-corrected chi connectivity index (χ0v) is 17.2. The first-order chi connectivity index (χ1) is 14.5. The van der Waals surface area contributed by atoms with Crippen molar-refractivity contribution in [2.75, 3.05) is 6.54 Å². The number of hydrogen-bond acceptors (Lipinski definition) is 3. The molecule has 0 radical (unpaired) electrons. The molecule has 0 saturated carbocycles. The van der Waals surface area contributed by atoms with Crippen molar-refractivity contribution in [3.63, 3.8) is 0 Å². The Labute approximate surface area is 175 Å². The molecule has 152 valence electrons. The number of imidazole rings is 1. The summed E-state index contributed by atoms with van der Waals surface area (Å²) in [5.74, 6) is 0.502. The number of fused-ring (bicyclic) bond motifs is 1. The number of aromatic amines is 1. The molecule has 1 aliphatic rings. The molecule has 1 saturated heterocycles. The van der Waals surface area contributed by atoms with Crippen molar-refractivity contribution in [1.82, 2.24) is 24.6 Å². The zero-order chi connectivity index (χ0) is 20.7. The van der Waals surface area contributed by atoms with Crippen LogP contribution in [0.2, 0.25) is 0 Å². The molecule has 1 fully saturated rings. The quantitative estimate of drug-likeness (QED) is 0.554. The van der Waals surface area contributed by atoms with E-state index < -0.39 is 0 Å². The van der Waals surface area contributed by atoms with E-state index in [4.69, 9.17) is 0 Å². The molecular weight excluding hydrogens is 374 g/mol. The minimum Gasteiger partial charge on any atom is -0.333 e. The van der Waals surface area contributed by atoms with Gasteiger partial charge in [0.25, 0.3) is 5.91 Å². The van der Waals surface area contributed by atoms with E-state index in [9.17, 15) is 4.79 Å². The third-order valence-electron chi connectivity index (χ3n) is 6.13. The van der Waals surface area contributed by atoms with Crippen LogP contribution in [0, 0.1) is 5.92 Å². The van der Waals surface area contributed by atoms with Crippen LogP contribution in [0.4, 0.5) is 0 Å². The number of carbonyl (C=O) groups is 1. The van der Waals surface area contributed by atoms with Crippen LogP contribution < -0.4 is 0 Å². The number of H-pyrrole nitrogens is 1. The summed E-state index contributed by atoms with van der Waals surface area (Å²) in [6.07, 6.45) is 6.59. The molecule has 6 heteroatoms. The summed E-state index contributed by atoms with van der Waals surface area (Å²) < 4.78 is 2.21. The van der Waals surface area contributed by atoms with Gasteiger partial charge in [0.05, 0.1) is 23.6 Å². The molecule has 1 amide bonds. The minimum absolute atomic E-state index is 0.114. The van der Waals surface area contributed by atoms with Crippen LogP contribution >= 0.6 is 0 Å². The van der Waals surface area contributed by atoms with Gasteiger partial charge in [-0.15, -0.1) is 0 Å². The number of nitrogens with zero attached hydrogens (tertiary/aromatic N) is 4. The number of benzene rings is 2. The number of likely N-dealkylation sites (tertiary alicyclic amines) is 1. The van der Waals surface area contributed by atoms with Gasteiger partial charge in [-0.2, -0.15) is 5.10 Å². The fourth-order valence-electron chi connectivity index (χ4n) is 4.68. The second kappa shape index (κ2) is 7.13. The summed E-state index contributed by atoms with van der Waals surface area (Å²) in [5, 5.41) is 6.88. The van der Waals surface area contributed by atoms with Crippen LogP contribution in [0.25, 0.3) is 22.2 Å². The molecule has 5 rings (SSSR count). The van der Waals surface area contributed by atoms with Crippen LogP contribution in [0.5, 0.6) is 0 Å². The first-order valence-electron chi connectivity index (χ1n) is 10.3. The lowest BCUT2D eigenvalue weighted by molar-refractivity contribution is 0.0649. The Morgan fingerprint density at radius 3 is 2.77 bits per heavy atom. The lowest BCUT2D eigenvalue weighted by Crippen LogP contribution is -2.42. The van der Waals surface area contributed by atoms with Gasteiger partial charge in [-0.05, 0) is 56.0 Å². The lowest BCUT2D eigenvalue weighted by atomic mass is 9.96. The Morgan fingerprint density at radius 1 is 1.17 bits per heavy atom. The molecule has 2 aromatic heterocycles. The Balaban J connectivity index is 1.36. The first kappa shape index (κ1) is 18.6. The van der Waals surface area contributed by atoms with Gasteiger partial charge < -0.3 is 9.47 Å². The van der Waals surface area contributed by atoms with Crippen molar-refractivity contribution < 1.29 is 4.79 Å². The monoisotopic (exact) mass is 399 g/mol. The largest absolute Gasteiger partial charge is 0.333 e. The normalized spacial score (nSPS) is 18.2. The van der Waals surface area contributed by atoms with E-state index in [-0.39, 0.29) is 11.4 Å². The van der Waals surface area contributed by atoms with Gasteiger partial charge in [0.1, 0.15) is 0 Å². The van der Waals surface area contributed by atoms with Crippen molar-refractivity contribution in [2.24, 2.45) is 5.92 Å². The number of hydrogen-bond donors (Lipinski definition) is 1. The Hall–Kier alpha value is -3.41. The highest BCUT2D eigenvalue weighted by atomic mass is 16.2. The van der Waals surface area contributed by atoms with E-state index in [1.54, 1.807) is 0 Å². The Bertz CT molecular complexity index is 1180. The molecule has 1 aliphatic heterocycles. The summed E-state index contributed by atoms with van der Waals surface area (Å²) in [6, 6.07) is 15.9. The second-order valence-corrected chi connectivity index (χ2v) is 8.75. The molecule has 30 heavy (non-hydrogen) atoms. The van der Waals surface area contributed by atoms with Crippen molar-refractivity contribution in [1.29, 1.82) is 0 Å². The van der Waals surface area contributed by atoms with Crippen LogP contribution in [0.1, 0.15) is 30.6 Å². The number of amides is 1. The average Bonchev–Trinajstić information content (AvgIpc) is 3.47. The topological polar surface area (TPSA) is 66.8 Å². The van der Waals surface area contributed by atoms with Gasteiger partial charge in [0.2, 0.25) is 0 Å². The highest BCUT2D eigenvalue weighted by molar-refractivity contribution is 5.94. The predicted octanol–water partition coefficient (Wildman–Crippen LogP) is 4.37. The lowest BCUT2D eigenvalue weighted by Gasteiger charge is -2.31. The molecule has 1 atom stereocenters. The number of carbonyl (C=O) groups excluding carboxylic acids is 1. The summed E-state index contributed by atoms with van der Waals surface area (Å²) in [6.45, 7) is 5.94. The number of nitrogens with one attached hydrogen (secondary N) is 1. The third kappa shape index (κ3) is 3.28. The van der Waals surface area contributed by atoms with E-state index in [2.05, 4.69) is 51.8 Å². The Morgan fingerprint density at radius 2 is 2.00 bits per heavy atom. The van der Waals surface area contributed by atoms with Crippen molar-refractivity contribution in [3.05, 3.63) is 72.8 Å². The molecule has 6 nitrogen and oxygen atoms in total. The van der Waals surface area contributed by atoms with E-state index in [1.165, 1.54) is 0 Å². The highest BCUT2D eigenvalue weighted by Gasteiger charge is 2.41. The van der Waals surface area contributed by atoms with Crippen LogP contribution in [0.3, 0.4) is 0 Å². The zero-order valence-electron chi connectivity index (χ0n) is 17.2. The average molecular weight is 399 g/mol. The number of aromatic nitrogens is 4.